The van der Waals surface area contributed by atoms with Crippen LogP contribution in [0.25, 0.3) is 16.5 Å². The molecule has 0 saturated heterocycles. The molecule has 1 aliphatic rings. The standard InChI is InChI=1S/C22H20N2O/c1-22(2)14-16-8-4-5-9-17(16)19(24-22)13-20(25)21-18-10-6-3-7-15(18)11-12-23-21/h3-13,24H,14H2,1-2H3. The average Bonchev–Trinajstić information content (AvgIpc) is 2.60. The Morgan fingerprint density at radius 3 is 2.72 bits per heavy atom. The Labute approximate surface area is 147 Å². The van der Waals surface area contributed by atoms with Crippen molar-refractivity contribution in [3.8, 4) is 0 Å². The van der Waals surface area contributed by atoms with Gasteiger partial charge in [0.05, 0.1) is 0 Å². The highest BCUT2D eigenvalue weighted by atomic mass is 16.1. The van der Waals surface area contributed by atoms with Gasteiger partial charge in [-0.25, -0.2) is 0 Å². The van der Waals surface area contributed by atoms with Crippen LogP contribution in [-0.2, 0) is 6.42 Å². The van der Waals surface area contributed by atoms with E-state index in [1.807, 2.05) is 42.5 Å². The number of rotatable bonds is 2. The van der Waals surface area contributed by atoms with Gasteiger partial charge in [-0.3, -0.25) is 9.78 Å². The second kappa shape index (κ2) is 5.85. The van der Waals surface area contributed by atoms with Gasteiger partial charge in [0.15, 0.2) is 0 Å². The molecule has 3 heteroatoms. The SMILES string of the molecule is CC1(C)Cc2ccccc2C(=CC(=O)c2nccc3ccccc23)N1. The minimum atomic E-state index is -0.0906. The largest absolute Gasteiger partial charge is 0.379 e. The Bertz CT molecular complexity index is 996. The van der Waals surface area contributed by atoms with E-state index >= 15 is 0 Å². The molecule has 0 fully saturated rings. The van der Waals surface area contributed by atoms with E-state index in [0.29, 0.717) is 5.69 Å². The summed E-state index contributed by atoms with van der Waals surface area (Å²) in [5.74, 6) is -0.0770. The summed E-state index contributed by atoms with van der Waals surface area (Å²) >= 11 is 0. The number of pyridine rings is 1. The molecule has 0 spiro atoms. The fourth-order valence-corrected chi connectivity index (χ4v) is 3.52. The van der Waals surface area contributed by atoms with Crippen molar-refractivity contribution < 1.29 is 4.79 Å². The van der Waals surface area contributed by atoms with E-state index in [1.54, 1.807) is 12.3 Å². The fourth-order valence-electron chi connectivity index (χ4n) is 3.52. The molecule has 0 saturated carbocycles. The van der Waals surface area contributed by atoms with Crippen LogP contribution in [0, 0.1) is 0 Å². The van der Waals surface area contributed by atoms with Gasteiger partial charge >= 0.3 is 0 Å². The summed E-state index contributed by atoms with van der Waals surface area (Å²) < 4.78 is 0. The summed E-state index contributed by atoms with van der Waals surface area (Å²) in [5, 5.41) is 5.42. The number of carbonyl (C=O) groups excluding carboxylic acids is 1. The number of allylic oxidation sites excluding steroid dienone is 1. The molecule has 2 aromatic carbocycles. The second-order valence-corrected chi connectivity index (χ2v) is 7.15. The first-order valence-corrected chi connectivity index (χ1v) is 8.50. The van der Waals surface area contributed by atoms with E-state index in [2.05, 4.69) is 36.3 Å². The number of aromatic nitrogens is 1. The van der Waals surface area contributed by atoms with Crippen LogP contribution >= 0.6 is 0 Å². The van der Waals surface area contributed by atoms with E-state index in [9.17, 15) is 4.79 Å². The zero-order chi connectivity index (χ0) is 17.4. The monoisotopic (exact) mass is 328 g/mol. The Balaban J connectivity index is 1.81. The van der Waals surface area contributed by atoms with Gasteiger partial charge in [-0.2, -0.15) is 0 Å². The van der Waals surface area contributed by atoms with Gasteiger partial charge in [0.1, 0.15) is 5.69 Å². The van der Waals surface area contributed by atoms with E-state index in [-0.39, 0.29) is 11.3 Å². The molecular formula is C22H20N2O. The van der Waals surface area contributed by atoms with E-state index in [1.165, 1.54) is 5.56 Å². The van der Waals surface area contributed by atoms with Gasteiger partial charge in [0, 0.05) is 34.5 Å². The maximum absolute atomic E-state index is 13.0. The minimum Gasteiger partial charge on any atom is -0.379 e. The zero-order valence-electron chi connectivity index (χ0n) is 14.4. The van der Waals surface area contributed by atoms with Crippen LogP contribution in [0.1, 0.15) is 35.5 Å². The third-order valence-electron chi connectivity index (χ3n) is 4.60. The van der Waals surface area contributed by atoms with Crippen LogP contribution < -0.4 is 5.32 Å². The molecule has 0 bridgehead atoms. The lowest BCUT2D eigenvalue weighted by molar-refractivity contribution is 0.104. The molecule has 0 unspecified atom stereocenters. The first kappa shape index (κ1) is 15.6. The maximum atomic E-state index is 13.0. The predicted octanol–water partition coefficient (Wildman–Crippen LogP) is 4.38. The van der Waals surface area contributed by atoms with Crippen molar-refractivity contribution in [2.45, 2.75) is 25.8 Å². The molecule has 1 N–H and O–H groups in total. The highest BCUT2D eigenvalue weighted by Crippen LogP contribution is 2.30. The lowest BCUT2D eigenvalue weighted by atomic mass is 9.85. The maximum Gasteiger partial charge on any atom is 0.206 e. The van der Waals surface area contributed by atoms with Crippen molar-refractivity contribution in [3.05, 3.63) is 83.7 Å². The smallest absolute Gasteiger partial charge is 0.206 e. The lowest BCUT2D eigenvalue weighted by Crippen LogP contribution is -2.43. The van der Waals surface area contributed by atoms with Crippen molar-refractivity contribution in [3.63, 3.8) is 0 Å². The molecule has 0 amide bonds. The number of carbonyl (C=O) groups is 1. The van der Waals surface area contributed by atoms with Crippen LogP contribution in [0.15, 0.2) is 66.9 Å². The van der Waals surface area contributed by atoms with Gasteiger partial charge in [0.2, 0.25) is 5.78 Å². The number of ketones is 1. The van der Waals surface area contributed by atoms with E-state index in [4.69, 9.17) is 0 Å². The van der Waals surface area contributed by atoms with Crippen LogP contribution in [0.3, 0.4) is 0 Å². The summed E-state index contributed by atoms with van der Waals surface area (Å²) in [6.07, 6.45) is 4.32. The molecule has 3 nitrogen and oxygen atoms in total. The summed E-state index contributed by atoms with van der Waals surface area (Å²) in [7, 11) is 0. The molecule has 124 valence electrons. The molecule has 1 aliphatic heterocycles. The molecule has 2 heterocycles. The quantitative estimate of drug-likeness (QED) is 0.560. The lowest BCUT2D eigenvalue weighted by Gasteiger charge is -2.35. The van der Waals surface area contributed by atoms with Crippen molar-refractivity contribution in [2.75, 3.05) is 0 Å². The molecule has 0 atom stereocenters. The number of benzene rings is 2. The normalized spacial score (nSPS) is 17.1. The first-order chi connectivity index (χ1) is 12.0. The topological polar surface area (TPSA) is 42.0 Å². The van der Waals surface area contributed by atoms with E-state index < -0.39 is 0 Å². The second-order valence-electron chi connectivity index (χ2n) is 7.15. The molecule has 4 rings (SSSR count). The fraction of sp³-hybridized carbons (Fsp3) is 0.182. The number of nitrogens with one attached hydrogen (secondary N) is 1. The molecule has 0 aliphatic carbocycles. The van der Waals surface area contributed by atoms with Crippen molar-refractivity contribution in [1.82, 2.24) is 10.3 Å². The molecular weight excluding hydrogens is 308 g/mol. The van der Waals surface area contributed by atoms with Crippen LogP contribution in [0.5, 0.6) is 0 Å². The Hall–Kier alpha value is -2.94. The third kappa shape index (κ3) is 2.93. The summed E-state index contributed by atoms with van der Waals surface area (Å²) in [5.41, 5.74) is 3.62. The highest BCUT2D eigenvalue weighted by Gasteiger charge is 2.27. The number of hydrogen-bond acceptors (Lipinski definition) is 3. The zero-order valence-corrected chi connectivity index (χ0v) is 14.4. The average molecular weight is 328 g/mol. The van der Waals surface area contributed by atoms with Crippen molar-refractivity contribution in [2.24, 2.45) is 0 Å². The van der Waals surface area contributed by atoms with Gasteiger partial charge in [-0.1, -0.05) is 48.5 Å². The van der Waals surface area contributed by atoms with Crippen LogP contribution in [0.4, 0.5) is 0 Å². The van der Waals surface area contributed by atoms with Crippen LogP contribution in [0.2, 0.25) is 0 Å². The molecule has 25 heavy (non-hydrogen) atoms. The Morgan fingerprint density at radius 1 is 1.08 bits per heavy atom. The minimum absolute atomic E-state index is 0.0770. The summed E-state index contributed by atoms with van der Waals surface area (Å²) in [6.45, 7) is 4.30. The molecule has 0 radical (unpaired) electrons. The summed E-state index contributed by atoms with van der Waals surface area (Å²) in [6, 6.07) is 18.0. The van der Waals surface area contributed by atoms with E-state index in [0.717, 1.165) is 28.5 Å². The van der Waals surface area contributed by atoms with Gasteiger partial charge in [-0.15, -0.1) is 0 Å². The van der Waals surface area contributed by atoms with Gasteiger partial charge in [-0.05, 0) is 37.3 Å². The molecule has 1 aromatic heterocycles. The molecule has 3 aromatic rings. The predicted molar refractivity (Wildman–Crippen MR) is 101 cm³/mol. The number of fused-ring (bicyclic) bond motifs is 2. The Kier molecular flexibility index (Phi) is 3.65. The third-order valence-corrected chi connectivity index (χ3v) is 4.60. The van der Waals surface area contributed by atoms with Gasteiger partial charge in [0.25, 0.3) is 0 Å². The van der Waals surface area contributed by atoms with Gasteiger partial charge < -0.3 is 5.32 Å². The summed E-state index contributed by atoms with van der Waals surface area (Å²) in [4.78, 5) is 17.3. The van der Waals surface area contributed by atoms with Crippen LogP contribution in [-0.4, -0.2) is 16.3 Å². The van der Waals surface area contributed by atoms with Crippen molar-refractivity contribution in [1.29, 1.82) is 0 Å². The highest BCUT2D eigenvalue weighted by molar-refractivity contribution is 6.14. The first-order valence-electron chi connectivity index (χ1n) is 8.50. The van der Waals surface area contributed by atoms with Crippen molar-refractivity contribution >= 4 is 22.3 Å². The number of nitrogens with zero attached hydrogens (tertiary/aromatic N) is 1. The number of hydrogen-bond donors (Lipinski definition) is 1. The Morgan fingerprint density at radius 2 is 1.84 bits per heavy atom.